The van der Waals surface area contributed by atoms with E-state index in [0.29, 0.717) is 28.8 Å². The van der Waals surface area contributed by atoms with Crippen LogP contribution in [0.3, 0.4) is 0 Å². The van der Waals surface area contributed by atoms with E-state index >= 15 is 0 Å². The average molecular weight is 349 g/mol. The minimum Gasteiger partial charge on any atom is -0.456 e. The van der Waals surface area contributed by atoms with Crippen LogP contribution in [0.2, 0.25) is 0 Å². The Hall–Kier alpha value is -2.88. The van der Waals surface area contributed by atoms with Crippen LogP contribution in [0.25, 0.3) is 22.3 Å². The van der Waals surface area contributed by atoms with E-state index in [0.717, 1.165) is 29.5 Å². The van der Waals surface area contributed by atoms with Crippen LogP contribution in [0, 0.1) is 13.8 Å². The number of hydrogen-bond acceptors (Lipinski definition) is 3. The summed E-state index contributed by atoms with van der Waals surface area (Å²) in [7, 11) is 0. The molecule has 0 unspecified atom stereocenters. The standard InChI is InChI=1S/C22H23NO3/c1-4-5-10-23-22(25)17-8-6-16(7-9-17)20-13-19(24)18-12-14(2)11-15(3)21(18)26-20/h6-9,11-13H,4-5,10H2,1-3H3,(H,23,25). The second-order valence-corrected chi connectivity index (χ2v) is 6.62. The molecule has 4 nitrogen and oxygen atoms in total. The number of fused-ring (bicyclic) bond motifs is 1. The Labute approximate surface area is 152 Å². The van der Waals surface area contributed by atoms with Crippen molar-refractivity contribution >= 4 is 16.9 Å². The molecular weight excluding hydrogens is 326 g/mol. The molecule has 0 atom stereocenters. The highest BCUT2D eigenvalue weighted by molar-refractivity contribution is 5.94. The molecule has 0 aliphatic heterocycles. The van der Waals surface area contributed by atoms with E-state index in [-0.39, 0.29) is 11.3 Å². The largest absolute Gasteiger partial charge is 0.456 e. The zero-order chi connectivity index (χ0) is 18.7. The Bertz CT molecular complexity index is 1000. The summed E-state index contributed by atoms with van der Waals surface area (Å²) < 4.78 is 5.99. The summed E-state index contributed by atoms with van der Waals surface area (Å²) in [6.07, 6.45) is 2.00. The molecule has 4 heteroatoms. The summed E-state index contributed by atoms with van der Waals surface area (Å²) in [5.41, 5.74) is 3.89. The van der Waals surface area contributed by atoms with E-state index in [1.807, 2.05) is 38.1 Å². The van der Waals surface area contributed by atoms with Crippen LogP contribution < -0.4 is 10.7 Å². The summed E-state index contributed by atoms with van der Waals surface area (Å²) in [6.45, 7) is 6.66. The summed E-state index contributed by atoms with van der Waals surface area (Å²) in [5, 5.41) is 3.49. The SMILES string of the molecule is CCCCNC(=O)c1ccc(-c2cc(=O)c3cc(C)cc(C)c3o2)cc1. The lowest BCUT2D eigenvalue weighted by Crippen LogP contribution is -2.24. The fourth-order valence-corrected chi connectivity index (χ4v) is 3.02. The van der Waals surface area contributed by atoms with Gasteiger partial charge in [0.1, 0.15) is 11.3 Å². The van der Waals surface area contributed by atoms with Crippen LogP contribution in [0.5, 0.6) is 0 Å². The Morgan fingerprint density at radius 3 is 2.50 bits per heavy atom. The first-order valence-corrected chi connectivity index (χ1v) is 8.93. The summed E-state index contributed by atoms with van der Waals surface area (Å²) in [6, 6.07) is 12.5. The number of rotatable bonds is 5. The van der Waals surface area contributed by atoms with Gasteiger partial charge in [0, 0.05) is 23.7 Å². The normalized spacial score (nSPS) is 10.9. The number of unbranched alkanes of at least 4 members (excludes halogenated alkanes) is 1. The molecule has 3 aromatic rings. The third kappa shape index (κ3) is 3.69. The van der Waals surface area contributed by atoms with Crippen LogP contribution in [0.1, 0.15) is 41.3 Å². The van der Waals surface area contributed by atoms with E-state index in [4.69, 9.17) is 4.42 Å². The van der Waals surface area contributed by atoms with E-state index in [9.17, 15) is 9.59 Å². The number of carbonyl (C=O) groups is 1. The Morgan fingerprint density at radius 2 is 1.81 bits per heavy atom. The summed E-state index contributed by atoms with van der Waals surface area (Å²) in [4.78, 5) is 24.6. The van der Waals surface area contributed by atoms with E-state index in [1.54, 1.807) is 12.1 Å². The summed E-state index contributed by atoms with van der Waals surface area (Å²) in [5.74, 6) is 0.420. The highest BCUT2D eigenvalue weighted by atomic mass is 16.3. The van der Waals surface area contributed by atoms with Crippen molar-refractivity contribution in [3.05, 3.63) is 69.4 Å². The van der Waals surface area contributed by atoms with Crippen molar-refractivity contribution in [3.63, 3.8) is 0 Å². The number of aryl methyl sites for hydroxylation is 2. The number of benzene rings is 2. The monoisotopic (exact) mass is 349 g/mol. The zero-order valence-corrected chi connectivity index (χ0v) is 15.4. The molecule has 2 aromatic carbocycles. The van der Waals surface area contributed by atoms with Gasteiger partial charge in [-0.05, 0) is 49.6 Å². The minimum absolute atomic E-state index is 0.0607. The average Bonchev–Trinajstić information content (AvgIpc) is 2.62. The minimum atomic E-state index is -0.0868. The molecule has 0 aliphatic rings. The molecule has 0 fully saturated rings. The number of amides is 1. The van der Waals surface area contributed by atoms with Crippen molar-refractivity contribution in [2.75, 3.05) is 6.54 Å². The maximum absolute atomic E-state index is 12.5. The molecule has 0 saturated heterocycles. The van der Waals surface area contributed by atoms with Gasteiger partial charge in [-0.1, -0.05) is 31.5 Å². The second kappa shape index (κ2) is 7.56. The van der Waals surface area contributed by atoms with Crippen molar-refractivity contribution in [1.82, 2.24) is 5.32 Å². The molecule has 1 N–H and O–H groups in total. The fraction of sp³-hybridized carbons (Fsp3) is 0.273. The molecule has 1 amide bonds. The van der Waals surface area contributed by atoms with Crippen LogP contribution in [0.4, 0.5) is 0 Å². The highest BCUT2D eigenvalue weighted by Gasteiger charge is 2.11. The maximum Gasteiger partial charge on any atom is 0.251 e. The summed E-state index contributed by atoms with van der Waals surface area (Å²) >= 11 is 0. The molecule has 0 spiro atoms. The van der Waals surface area contributed by atoms with E-state index < -0.39 is 0 Å². The third-order valence-corrected chi connectivity index (χ3v) is 4.41. The Morgan fingerprint density at radius 1 is 1.08 bits per heavy atom. The lowest BCUT2D eigenvalue weighted by molar-refractivity contribution is 0.0953. The van der Waals surface area contributed by atoms with Gasteiger partial charge in [0.15, 0.2) is 5.43 Å². The first kappa shape index (κ1) is 17.9. The quantitative estimate of drug-likeness (QED) is 0.685. The van der Waals surface area contributed by atoms with Crippen LogP contribution in [-0.4, -0.2) is 12.5 Å². The van der Waals surface area contributed by atoms with Crippen molar-refractivity contribution in [1.29, 1.82) is 0 Å². The molecule has 1 heterocycles. The molecule has 26 heavy (non-hydrogen) atoms. The Balaban J connectivity index is 1.92. The molecule has 0 aliphatic carbocycles. The molecule has 3 rings (SSSR count). The van der Waals surface area contributed by atoms with Gasteiger partial charge in [0.25, 0.3) is 5.91 Å². The van der Waals surface area contributed by atoms with Crippen LogP contribution in [-0.2, 0) is 0 Å². The van der Waals surface area contributed by atoms with Gasteiger partial charge in [-0.3, -0.25) is 9.59 Å². The number of nitrogens with one attached hydrogen (secondary N) is 1. The number of hydrogen-bond donors (Lipinski definition) is 1. The molecule has 0 bridgehead atoms. The fourth-order valence-electron chi connectivity index (χ4n) is 3.02. The highest BCUT2D eigenvalue weighted by Crippen LogP contribution is 2.25. The molecule has 0 radical (unpaired) electrons. The van der Waals surface area contributed by atoms with Gasteiger partial charge in [0.2, 0.25) is 0 Å². The zero-order valence-electron chi connectivity index (χ0n) is 15.4. The predicted molar refractivity (Wildman–Crippen MR) is 105 cm³/mol. The predicted octanol–water partition coefficient (Wildman–Crippen LogP) is 4.61. The molecular formula is C22H23NO3. The topological polar surface area (TPSA) is 59.3 Å². The smallest absolute Gasteiger partial charge is 0.251 e. The van der Waals surface area contributed by atoms with Gasteiger partial charge >= 0.3 is 0 Å². The third-order valence-electron chi connectivity index (χ3n) is 4.41. The second-order valence-electron chi connectivity index (χ2n) is 6.62. The van der Waals surface area contributed by atoms with Gasteiger partial charge in [0.05, 0.1) is 5.39 Å². The molecule has 134 valence electrons. The van der Waals surface area contributed by atoms with Crippen molar-refractivity contribution < 1.29 is 9.21 Å². The van der Waals surface area contributed by atoms with Gasteiger partial charge in [-0.15, -0.1) is 0 Å². The van der Waals surface area contributed by atoms with Crippen molar-refractivity contribution in [2.45, 2.75) is 33.6 Å². The van der Waals surface area contributed by atoms with Crippen LogP contribution in [0.15, 0.2) is 51.7 Å². The molecule has 1 aromatic heterocycles. The number of carbonyl (C=O) groups excluding carboxylic acids is 1. The van der Waals surface area contributed by atoms with E-state index in [1.165, 1.54) is 6.07 Å². The van der Waals surface area contributed by atoms with Gasteiger partial charge < -0.3 is 9.73 Å². The van der Waals surface area contributed by atoms with Crippen molar-refractivity contribution in [2.24, 2.45) is 0 Å². The lowest BCUT2D eigenvalue weighted by Gasteiger charge is -2.08. The molecule has 0 saturated carbocycles. The van der Waals surface area contributed by atoms with Gasteiger partial charge in [-0.2, -0.15) is 0 Å². The van der Waals surface area contributed by atoms with Crippen molar-refractivity contribution in [3.8, 4) is 11.3 Å². The lowest BCUT2D eigenvalue weighted by atomic mass is 10.1. The maximum atomic E-state index is 12.5. The van der Waals surface area contributed by atoms with Gasteiger partial charge in [-0.25, -0.2) is 0 Å². The first-order valence-electron chi connectivity index (χ1n) is 8.93. The first-order chi connectivity index (χ1) is 12.5. The van der Waals surface area contributed by atoms with E-state index in [2.05, 4.69) is 12.2 Å². The van der Waals surface area contributed by atoms with Crippen LogP contribution >= 0.6 is 0 Å². The Kier molecular flexibility index (Phi) is 5.21.